The SMILES string of the molecule is COc1ccccc1NC(N)=NCC(C)N1CCCCC1C.I. The monoisotopic (exact) mass is 432 g/mol. The Hall–Kier alpha value is -1.02. The van der Waals surface area contributed by atoms with Crippen LogP contribution in [0, 0.1) is 0 Å². The number of benzene rings is 1. The summed E-state index contributed by atoms with van der Waals surface area (Å²) in [4.78, 5) is 7.02. The van der Waals surface area contributed by atoms with Crippen LogP contribution in [0.2, 0.25) is 0 Å². The van der Waals surface area contributed by atoms with Crippen LogP contribution < -0.4 is 15.8 Å². The molecule has 6 heteroatoms. The van der Waals surface area contributed by atoms with Crippen LogP contribution >= 0.6 is 24.0 Å². The van der Waals surface area contributed by atoms with Crippen LogP contribution in [-0.4, -0.2) is 43.1 Å². The summed E-state index contributed by atoms with van der Waals surface area (Å²) in [6, 6.07) is 8.74. The second-order valence-electron chi connectivity index (χ2n) is 5.98. The molecule has 0 aliphatic carbocycles. The van der Waals surface area contributed by atoms with Gasteiger partial charge in [0.05, 0.1) is 19.3 Å². The van der Waals surface area contributed by atoms with E-state index >= 15 is 0 Å². The van der Waals surface area contributed by atoms with Crippen molar-refractivity contribution in [3.05, 3.63) is 24.3 Å². The lowest BCUT2D eigenvalue weighted by Gasteiger charge is -2.37. The number of aliphatic imine (C=N–C) groups is 1. The van der Waals surface area contributed by atoms with Crippen LogP contribution in [0.15, 0.2) is 29.3 Å². The number of hydrogen-bond acceptors (Lipinski definition) is 3. The van der Waals surface area contributed by atoms with E-state index in [1.807, 2.05) is 24.3 Å². The van der Waals surface area contributed by atoms with E-state index in [0.29, 0.717) is 24.6 Å². The summed E-state index contributed by atoms with van der Waals surface area (Å²) < 4.78 is 5.30. The van der Waals surface area contributed by atoms with E-state index < -0.39 is 0 Å². The van der Waals surface area contributed by atoms with Crippen molar-refractivity contribution in [3.8, 4) is 5.75 Å². The molecule has 130 valence electrons. The fourth-order valence-corrected chi connectivity index (χ4v) is 3.04. The average Bonchev–Trinajstić information content (AvgIpc) is 2.53. The van der Waals surface area contributed by atoms with Gasteiger partial charge in [-0.1, -0.05) is 18.6 Å². The maximum Gasteiger partial charge on any atom is 0.193 e. The van der Waals surface area contributed by atoms with Gasteiger partial charge in [0, 0.05) is 12.1 Å². The summed E-state index contributed by atoms with van der Waals surface area (Å²) in [5.74, 6) is 1.19. The number of piperidine rings is 1. The van der Waals surface area contributed by atoms with Crippen molar-refractivity contribution in [1.82, 2.24) is 4.90 Å². The second kappa shape index (κ2) is 9.97. The number of ether oxygens (including phenoxy) is 1. The molecule has 0 radical (unpaired) electrons. The Morgan fingerprint density at radius 1 is 1.43 bits per heavy atom. The van der Waals surface area contributed by atoms with E-state index in [9.17, 15) is 0 Å². The van der Waals surface area contributed by atoms with Crippen molar-refractivity contribution in [2.24, 2.45) is 10.7 Å². The number of likely N-dealkylation sites (tertiary alicyclic amines) is 1. The van der Waals surface area contributed by atoms with Gasteiger partial charge in [-0.05, 0) is 45.4 Å². The Bertz CT molecular complexity index is 509. The van der Waals surface area contributed by atoms with E-state index in [0.717, 1.165) is 18.0 Å². The minimum Gasteiger partial charge on any atom is -0.495 e. The van der Waals surface area contributed by atoms with Crippen molar-refractivity contribution in [2.45, 2.75) is 45.2 Å². The van der Waals surface area contributed by atoms with Crippen LogP contribution in [0.25, 0.3) is 0 Å². The fraction of sp³-hybridized carbons (Fsp3) is 0.588. The molecular weight excluding hydrogens is 403 g/mol. The summed E-state index contributed by atoms with van der Waals surface area (Å²) in [6.45, 7) is 6.40. The van der Waals surface area contributed by atoms with E-state index in [-0.39, 0.29) is 24.0 Å². The van der Waals surface area contributed by atoms with Crippen LogP contribution in [0.1, 0.15) is 33.1 Å². The highest BCUT2D eigenvalue weighted by Crippen LogP contribution is 2.23. The number of halogens is 1. The Kier molecular flexibility index (Phi) is 8.68. The molecule has 5 nitrogen and oxygen atoms in total. The molecule has 0 amide bonds. The number of anilines is 1. The summed E-state index contributed by atoms with van der Waals surface area (Å²) in [5.41, 5.74) is 6.84. The molecule has 2 unspecified atom stereocenters. The third-order valence-corrected chi connectivity index (χ3v) is 4.32. The zero-order valence-electron chi connectivity index (χ0n) is 14.3. The fourth-order valence-electron chi connectivity index (χ4n) is 3.04. The quantitative estimate of drug-likeness (QED) is 0.426. The third kappa shape index (κ3) is 5.84. The second-order valence-corrected chi connectivity index (χ2v) is 5.98. The summed E-state index contributed by atoms with van der Waals surface area (Å²) in [5, 5.41) is 3.12. The molecule has 3 N–H and O–H groups in total. The lowest BCUT2D eigenvalue weighted by atomic mass is 10.0. The van der Waals surface area contributed by atoms with Crippen LogP contribution in [0.5, 0.6) is 5.75 Å². The average molecular weight is 432 g/mol. The first-order valence-corrected chi connectivity index (χ1v) is 8.07. The maximum absolute atomic E-state index is 6.01. The van der Waals surface area contributed by atoms with Crippen LogP contribution in [0.4, 0.5) is 5.69 Å². The Morgan fingerprint density at radius 2 is 2.17 bits per heavy atom. The highest BCUT2D eigenvalue weighted by molar-refractivity contribution is 14.0. The summed E-state index contributed by atoms with van der Waals surface area (Å²) in [6.07, 6.45) is 3.90. The van der Waals surface area contributed by atoms with Gasteiger partial charge in [0.2, 0.25) is 0 Å². The van der Waals surface area contributed by atoms with Gasteiger partial charge in [0.25, 0.3) is 0 Å². The zero-order valence-corrected chi connectivity index (χ0v) is 16.6. The third-order valence-electron chi connectivity index (χ3n) is 4.32. The Labute approximate surface area is 156 Å². The minimum absolute atomic E-state index is 0. The molecule has 1 aromatic rings. The first-order valence-electron chi connectivity index (χ1n) is 8.07. The van der Waals surface area contributed by atoms with E-state index in [4.69, 9.17) is 10.5 Å². The predicted octanol–water partition coefficient (Wildman–Crippen LogP) is 3.30. The van der Waals surface area contributed by atoms with Gasteiger partial charge in [-0.3, -0.25) is 9.89 Å². The molecule has 23 heavy (non-hydrogen) atoms. The van der Waals surface area contributed by atoms with E-state index in [2.05, 4.69) is 29.1 Å². The lowest BCUT2D eigenvalue weighted by Crippen LogP contribution is -2.45. The number of guanidine groups is 1. The van der Waals surface area contributed by atoms with Crippen molar-refractivity contribution < 1.29 is 4.74 Å². The predicted molar refractivity (Wildman–Crippen MR) is 108 cm³/mol. The van der Waals surface area contributed by atoms with Crippen molar-refractivity contribution in [3.63, 3.8) is 0 Å². The Morgan fingerprint density at radius 3 is 2.87 bits per heavy atom. The molecule has 0 aromatic heterocycles. The molecule has 1 aliphatic rings. The molecule has 0 saturated carbocycles. The van der Waals surface area contributed by atoms with Gasteiger partial charge in [-0.15, -0.1) is 24.0 Å². The molecular formula is C17H29IN4O. The van der Waals surface area contributed by atoms with Gasteiger partial charge >= 0.3 is 0 Å². The van der Waals surface area contributed by atoms with Crippen LogP contribution in [-0.2, 0) is 0 Å². The summed E-state index contributed by atoms with van der Waals surface area (Å²) >= 11 is 0. The minimum atomic E-state index is 0. The number of methoxy groups -OCH3 is 1. The number of rotatable bonds is 5. The highest BCUT2D eigenvalue weighted by Gasteiger charge is 2.22. The van der Waals surface area contributed by atoms with Crippen molar-refractivity contribution in [2.75, 3.05) is 25.5 Å². The normalized spacial score (nSPS) is 20.5. The molecule has 0 spiro atoms. The number of para-hydroxylation sites is 2. The van der Waals surface area contributed by atoms with Gasteiger partial charge in [-0.25, -0.2) is 0 Å². The van der Waals surface area contributed by atoms with Gasteiger partial charge in [-0.2, -0.15) is 0 Å². The lowest BCUT2D eigenvalue weighted by molar-refractivity contribution is 0.118. The van der Waals surface area contributed by atoms with Gasteiger partial charge < -0.3 is 15.8 Å². The first-order chi connectivity index (χ1) is 10.6. The van der Waals surface area contributed by atoms with Crippen molar-refractivity contribution in [1.29, 1.82) is 0 Å². The molecule has 1 aliphatic heterocycles. The number of nitrogens with one attached hydrogen (secondary N) is 1. The molecule has 1 saturated heterocycles. The van der Waals surface area contributed by atoms with E-state index in [1.54, 1.807) is 7.11 Å². The van der Waals surface area contributed by atoms with Crippen LogP contribution in [0.3, 0.4) is 0 Å². The van der Waals surface area contributed by atoms with Gasteiger partial charge in [0.15, 0.2) is 5.96 Å². The first kappa shape index (κ1) is 20.0. The molecule has 1 aromatic carbocycles. The number of nitrogens with zero attached hydrogens (tertiary/aromatic N) is 2. The largest absolute Gasteiger partial charge is 0.495 e. The number of nitrogens with two attached hydrogens (primary N) is 1. The Balaban J connectivity index is 0.00000264. The maximum atomic E-state index is 6.01. The molecule has 2 rings (SSSR count). The summed E-state index contributed by atoms with van der Waals surface area (Å²) in [7, 11) is 1.65. The van der Waals surface area contributed by atoms with Gasteiger partial charge in [0.1, 0.15) is 5.75 Å². The molecule has 0 bridgehead atoms. The van der Waals surface area contributed by atoms with E-state index in [1.165, 1.54) is 19.3 Å². The highest BCUT2D eigenvalue weighted by atomic mass is 127. The topological polar surface area (TPSA) is 62.9 Å². The van der Waals surface area contributed by atoms with Crippen molar-refractivity contribution >= 4 is 35.6 Å². The molecule has 1 fully saturated rings. The zero-order chi connectivity index (χ0) is 15.9. The molecule has 1 heterocycles. The smallest absolute Gasteiger partial charge is 0.193 e. The number of hydrogen-bond donors (Lipinski definition) is 2. The standard InChI is InChI=1S/C17H28N4O.HI/c1-13-8-6-7-11-21(13)14(2)12-19-17(18)20-15-9-4-5-10-16(15)22-3;/h4-5,9-10,13-14H,6-8,11-12H2,1-3H3,(H3,18,19,20);1H. The molecule has 2 atom stereocenters.